The molecule has 0 saturated heterocycles. The van der Waals surface area contributed by atoms with Crippen molar-refractivity contribution in [2.45, 2.75) is 199 Å². The molecule has 0 aliphatic carbocycles. The lowest BCUT2D eigenvalue weighted by Crippen LogP contribution is -2.46. The van der Waals surface area contributed by atoms with Crippen LogP contribution in [0.25, 0.3) is 0 Å². The lowest BCUT2D eigenvalue weighted by molar-refractivity contribution is -0.870. The number of hydrogen-bond donors (Lipinski definition) is 2. The van der Waals surface area contributed by atoms with E-state index in [1.807, 2.05) is 21.1 Å². The molecule has 0 aromatic rings. The highest BCUT2D eigenvalue weighted by Crippen LogP contribution is 2.38. The molecule has 0 radical (unpaired) electrons. The Labute approximate surface area is 291 Å². The Balaban J connectivity index is 3.90. The monoisotopic (exact) mass is 691 g/mol. The van der Waals surface area contributed by atoms with Gasteiger partial charge in [-0.25, -0.2) is 0 Å². The second-order valence-corrected chi connectivity index (χ2v) is 16.4. The van der Waals surface area contributed by atoms with Gasteiger partial charge < -0.3 is 28.8 Å². The lowest BCUT2D eigenvalue weighted by atomic mass is 10.0. The van der Waals surface area contributed by atoms with Gasteiger partial charge in [0.25, 0.3) is 7.82 Å². The second-order valence-electron chi connectivity index (χ2n) is 15.0. The molecule has 0 aromatic carbocycles. The maximum absolute atomic E-state index is 12.6. The summed E-state index contributed by atoms with van der Waals surface area (Å²) in [6.07, 6.45) is 31.9. The first-order valence-electron chi connectivity index (χ1n) is 19.9. The number of nitrogens with zero attached hydrogens (tertiary/aromatic N) is 1. The fourth-order valence-corrected chi connectivity index (χ4v) is 6.59. The molecule has 9 heteroatoms. The van der Waals surface area contributed by atoms with Crippen LogP contribution in [0.3, 0.4) is 0 Å². The van der Waals surface area contributed by atoms with Gasteiger partial charge in [-0.1, -0.05) is 168 Å². The Kier molecular flexibility index (Phi) is 31.1. The van der Waals surface area contributed by atoms with Crippen LogP contribution in [0, 0.1) is 0 Å². The van der Waals surface area contributed by atoms with Gasteiger partial charge >= 0.3 is 0 Å². The topological polar surface area (TPSA) is 108 Å². The molecule has 3 unspecified atom stereocenters. The standard InChI is InChI=1S/C38H79N2O6P/c1-6-8-10-11-12-13-14-15-16-17-18-19-20-21-22-23-24-25-26-27-28-30-32-38(42)39-36(37(41)31-29-9-7-2)35-46-47(43,44)45-34-33-40(3,4)5/h36-37,41H,6-35H2,1-5H3,(H-,39,42,43,44). The quantitative estimate of drug-likeness (QED) is 0.0385. The molecule has 0 spiro atoms. The van der Waals surface area contributed by atoms with Gasteiger partial charge in [0, 0.05) is 6.42 Å². The van der Waals surface area contributed by atoms with E-state index in [4.69, 9.17) is 9.05 Å². The van der Waals surface area contributed by atoms with Crippen molar-refractivity contribution in [1.82, 2.24) is 5.32 Å². The smallest absolute Gasteiger partial charge is 0.268 e. The van der Waals surface area contributed by atoms with Crippen LogP contribution in [0.5, 0.6) is 0 Å². The highest BCUT2D eigenvalue weighted by atomic mass is 31.2. The van der Waals surface area contributed by atoms with Crippen molar-refractivity contribution in [3.63, 3.8) is 0 Å². The van der Waals surface area contributed by atoms with Crippen molar-refractivity contribution in [3.8, 4) is 0 Å². The second kappa shape index (κ2) is 31.5. The summed E-state index contributed by atoms with van der Waals surface area (Å²) < 4.78 is 22.9. The van der Waals surface area contributed by atoms with Crippen molar-refractivity contribution < 1.29 is 32.9 Å². The summed E-state index contributed by atoms with van der Waals surface area (Å²) in [5.41, 5.74) is 0. The van der Waals surface area contributed by atoms with Gasteiger partial charge in [0.1, 0.15) is 13.2 Å². The fourth-order valence-electron chi connectivity index (χ4n) is 5.86. The van der Waals surface area contributed by atoms with E-state index in [-0.39, 0.29) is 19.1 Å². The zero-order chi connectivity index (χ0) is 35.1. The summed E-state index contributed by atoms with van der Waals surface area (Å²) in [5, 5.41) is 13.5. The zero-order valence-corrected chi connectivity index (χ0v) is 32.6. The number of unbranched alkanes of at least 4 members (excludes halogenated alkanes) is 23. The number of carbonyl (C=O) groups excluding carboxylic acids is 1. The molecule has 0 bridgehead atoms. The van der Waals surface area contributed by atoms with E-state index >= 15 is 0 Å². The van der Waals surface area contributed by atoms with Crippen molar-refractivity contribution in [1.29, 1.82) is 0 Å². The van der Waals surface area contributed by atoms with Crippen molar-refractivity contribution >= 4 is 13.7 Å². The highest BCUT2D eigenvalue weighted by Gasteiger charge is 2.24. The summed E-state index contributed by atoms with van der Waals surface area (Å²) in [6.45, 7) is 4.56. The molecule has 0 aliphatic rings. The molecule has 0 rings (SSSR count). The Bertz CT molecular complexity index is 748. The number of rotatable bonds is 36. The molecule has 0 aromatic heterocycles. The van der Waals surface area contributed by atoms with Crippen LogP contribution >= 0.6 is 7.82 Å². The van der Waals surface area contributed by atoms with Gasteiger partial charge in [-0.05, 0) is 12.8 Å². The van der Waals surface area contributed by atoms with E-state index in [1.54, 1.807) is 0 Å². The predicted octanol–water partition coefficient (Wildman–Crippen LogP) is 9.61. The molecule has 0 saturated carbocycles. The number of quaternary nitrogens is 1. The number of hydrogen-bond acceptors (Lipinski definition) is 6. The minimum absolute atomic E-state index is 0.0138. The van der Waals surface area contributed by atoms with Crippen LogP contribution in [0.2, 0.25) is 0 Å². The fraction of sp³-hybridized carbons (Fsp3) is 0.974. The number of likely N-dealkylation sites (N-methyl/N-ethyl adjacent to an activating group) is 1. The van der Waals surface area contributed by atoms with Gasteiger partial charge in [-0.15, -0.1) is 0 Å². The maximum atomic E-state index is 12.6. The number of amides is 1. The summed E-state index contributed by atoms with van der Waals surface area (Å²) >= 11 is 0. The number of nitrogens with one attached hydrogen (secondary N) is 1. The van der Waals surface area contributed by atoms with Gasteiger partial charge in [0.15, 0.2) is 0 Å². The van der Waals surface area contributed by atoms with Gasteiger partial charge in [-0.3, -0.25) is 9.36 Å². The molecule has 0 fully saturated rings. The molecule has 47 heavy (non-hydrogen) atoms. The van der Waals surface area contributed by atoms with Crippen molar-refractivity contribution in [2.24, 2.45) is 0 Å². The third-order valence-corrected chi connectivity index (χ3v) is 10.1. The summed E-state index contributed by atoms with van der Waals surface area (Å²) in [6, 6.07) is -0.789. The number of aliphatic hydroxyl groups is 1. The van der Waals surface area contributed by atoms with E-state index in [0.717, 1.165) is 38.5 Å². The maximum Gasteiger partial charge on any atom is 0.268 e. The first-order chi connectivity index (χ1) is 22.5. The Morgan fingerprint density at radius 2 is 1.04 bits per heavy atom. The Morgan fingerprint density at radius 3 is 1.45 bits per heavy atom. The van der Waals surface area contributed by atoms with E-state index in [9.17, 15) is 19.4 Å². The van der Waals surface area contributed by atoms with Crippen LogP contribution in [-0.4, -0.2) is 68.5 Å². The minimum Gasteiger partial charge on any atom is -0.756 e. The largest absolute Gasteiger partial charge is 0.756 e. The summed E-state index contributed by atoms with van der Waals surface area (Å²) in [5.74, 6) is -0.173. The van der Waals surface area contributed by atoms with Crippen molar-refractivity contribution in [2.75, 3.05) is 40.9 Å². The molecule has 2 N–H and O–H groups in total. The van der Waals surface area contributed by atoms with Gasteiger partial charge in [-0.2, -0.15) is 0 Å². The number of aliphatic hydroxyl groups excluding tert-OH is 1. The molecular formula is C38H79N2O6P. The molecule has 282 valence electrons. The third-order valence-electron chi connectivity index (χ3n) is 9.10. The predicted molar refractivity (Wildman–Crippen MR) is 196 cm³/mol. The first kappa shape index (κ1) is 46.5. The Morgan fingerprint density at radius 1 is 0.660 bits per heavy atom. The molecule has 1 amide bonds. The highest BCUT2D eigenvalue weighted by molar-refractivity contribution is 7.45. The van der Waals surface area contributed by atoms with E-state index in [1.165, 1.54) is 122 Å². The van der Waals surface area contributed by atoms with Crippen LogP contribution < -0.4 is 10.2 Å². The average molecular weight is 691 g/mol. The molecule has 8 nitrogen and oxygen atoms in total. The number of phosphoric ester groups is 1. The van der Waals surface area contributed by atoms with E-state index < -0.39 is 20.0 Å². The van der Waals surface area contributed by atoms with Crippen LogP contribution in [0.15, 0.2) is 0 Å². The minimum atomic E-state index is -4.53. The number of carbonyl (C=O) groups is 1. The van der Waals surface area contributed by atoms with E-state index in [2.05, 4.69) is 19.2 Å². The average Bonchev–Trinajstić information content (AvgIpc) is 3.01. The first-order valence-corrected chi connectivity index (χ1v) is 21.3. The molecule has 3 atom stereocenters. The molecule has 0 aliphatic heterocycles. The molecule has 0 heterocycles. The third kappa shape index (κ3) is 33.8. The van der Waals surface area contributed by atoms with Gasteiger partial charge in [0.2, 0.25) is 5.91 Å². The normalized spacial score (nSPS) is 14.6. The van der Waals surface area contributed by atoms with Crippen molar-refractivity contribution in [3.05, 3.63) is 0 Å². The van der Waals surface area contributed by atoms with Crippen LogP contribution in [0.4, 0.5) is 0 Å². The zero-order valence-electron chi connectivity index (χ0n) is 31.8. The molecular weight excluding hydrogens is 611 g/mol. The van der Waals surface area contributed by atoms with Crippen LogP contribution in [0.1, 0.15) is 187 Å². The lowest BCUT2D eigenvalue weighted by Gasteiger charge is -2.30. The van der Waals surface area contributed by atoms with Gasteiger partial charge in [0.05, 0.1) is 39.9 Å². The summed E-state index contributed by atoms with van der Waals surface area (Å²) in [7, 11) is 1.31. The van der Waals surface area contributed by atoms with E-state index in [0.29, 0.717) is 23.9 Å². The number of phosphoric acid groups is 1. The van der Waals surface area contributed by atoms with Crippen LogP contribution in [-0.2, 0) is 18.4 Å². The SMILES string of the molecule is CCCCCCCCCCCCCCCCCCCCCCCCC(=O)NC(COP(=O)([O-])OCC[N+](C)(C)C)C(O)CCCCC. The summed E-state index contributed by atoms with van der Waals surface area (Å²) in [4.78, 5) is 24.9. The Hall–Kier alpha value is -0.500.